The summed E-state index contributed by atoms with van der Waals surface area (Å²) in [5.74, 6) is -4.80. The summed E-state index contributed by atoms with van der Waals surface area (Å²) >= 11 is 7.85. The van der Waals surface area contributed by atoms with E-state index in [1.54, 1.807) is 57.5 Å². The minimum absolute atomic E-state index is 0.00133. The van der Waals surface area contributed by atoms with Crippen molar-refractivity contribution in [3.63, 3.8) is 0 Å². The van der Waals surface area contributed by atoms with Gasteiger partial charge < -0.3 is 9.13 Å². The predicted molar refractivity (Wildman–Crippen MR) is 384 cm³/mol. The third-order valence-corrected chi connectivity index (χ3v) is 25.8. The molecule has 0 fully saturated rings. The molecule has 2 aliphatic rings. The van der Waals surface area contributed by atoms with Crippen LogP contribution in [0.1, 0.15) is 211 Å². The van der Waals surface area contributed by atoms with Gasteiger partial charge in [0, 0.05) is 67.0 Å². The Labute approximate surface area is 571 Å². The first-order valence-corrected chi connectivity index (χ1v) is 37.8. The summed E-state index contributed by atoms with van der Waals surface area (Å²) in [5, 5.41) is 43.7. The molecule has 2 aliphatic carbocycles. The van der Waals surface area contributed by atoms with Gasteiger partial charge in [-0.3, -0.25) is 9.59 Å². The largest absolute Gasteiger partial charge is 0.337 e. The molecule has 10 aromatic rings. The van der Waals surface area contributed by atoms with E-state index in [1.165, 1.54) is 11.7 Å². The second kappa shape index (κ2) is 28.2. The molecule has 0 amide bonds. The molecule has 0 radical (unpaired) electrons. The van der Waals surface area contributed by atoms with Crippen LogP contribution in [-0.4, -0.2) is 29.4 Å². The van der Waals surface area contributed by atoms with Gasteiger partial charge in [-0.2, -0.15) is 29.8 Å². The predicted octanol–water partition coefficient (Wildman–Crippen LogP) is 23.1. The van der Waals surface area contributed by atoms with Crippen molar-refractivity contribution in [3.8, 4) is 24.3 Å². The molecular formula is C76H74F4N8O2S5. The fraction of sp³-hybridized carbons (Fsp3) is 0.421. The molecule has 4 atom stereocenters. The van der Waals surface area contributed by atoms with Gasteiger partial charge in [0.25, 0.3) is 0 Å². The third-order valence-electron chi connectivity index (χ3n) is 20.2. The third kappa shape index (κ3) is 11.6. The summed E-state index contributed by atoms with van der Waals surface area (Å²) in [6, 6.07) is 11.4. The summed E-state index contributed by atoms with van der Waals surface area (Å²) in [6.07, 6.45) is 20.9. The average molecular weight is 1370 g/mol. The molecule has 4 unspecified atom stereocenters. The number of ketones is 2. The van der Waals surface area contributed by atoms with E-state index in [2.05, 4.69) is 64.5 Å². The van der Waals surface area contributed by atoms with E-state index < -0.39 is 34.8 Å². The second-order valence-electron chi connectivity index (χ2n) is 25.8. The van der Waals surface area contributed by atoms with E-state index in [0.717, 1.165) is 220 Å². The fourth-order valence-corrected chi connectivity index (χ4v) is 21.2. The molecule has 10 nitrogen and oxygen atoms in total. The fourth-order valence-electron chi connectivity index (χ4n) is 14.8. The van der Waals surface area contributed by atoms with Crippen LogP contribution in [0.2, 0.25) is 0 Å². The summed E-state index contributed by atoms with van der Waals surface area (Å²) < 4.78 is 82.7. The Morgan fingerprint density at radius 2 is 0.800 bits per heavy atom. The van der Waals surface area contributed by atoms with E-state index in [9.17, 15) is 30.6 Å². The number of hydrogen-bond acceptors (Lipinski definition) is 13. The highest BCUT2D eigenvalue weighted by molar-refractivity contribution is 7.34. The molecule has 0 spiro atoms. The minimum Gasteiger partial charge on any atom is -0.337 e. The molecular weight excluding hydrogens is 1290 g/mol. The topological polar surface area (TPSA) is 165 Å². The number of hydrogen-bond donors (Lipinski definition) is 0. The zero-order valence-corrected chi connectivity index (χ0v) is 58.9. The van der Waals surface area contributed by atoms with Gasteiger partial charge in [0.2, 0.25) is 0 Å². The number of nitriles is 4. The van der Waals surface area contributed by atoms with Crippen LogP contribution in [-0.2, 0) is 25.9 Å². The highest BCUT2D eigenvalue weighted by Gasteiger charge is 2.39. The lowest BCUT2D eigenvalue weighted by atomic mass is 9.91. The van der Waals surface area contributed by atoms with Gasteiger partial charge >= 0.3 is 0 Å². The van der Waals surface area contributed by atoms with Gasteiger partial charge in [-0.15, -0.1) is 45.3 Å². The number of allylic oxidation sites excluding steroid dienone is 6. The van der Waals surface area contributed by atoms with Crippen LogP contribution in [0.3, 0.4) is 0 Å². The van der Waals surface area contributed by atoms with Crippen LogP contribution < -0.4 is 0 Å². The van der Waals surface area contributed by atoms with Crippen LogP contribution in [0, 0.1) is 92.3 Å². The first-order chi connectivity index (χ1) is 46.1. The number of fused-ring (bicyclic) bond motifs is 16. The van der Waals surface area contributed by atoms with Gasteiger partial charge in [0.05, 0.1) is 62.0 Å². The van der Waals surface area contributed by atoms with Gasteiger partial charge in [-0.25, -0.2) is 17.6 Å². The number of nitrogens with zero attached hydrogens (tertiary/aromatic N) is 8. The van der Waals surface area contributed by atoms with Gasteiger partial charge in [0.1, 0.15) is 46.5 Å². The SMILES string of the molecule is CCCCC(CC)Cc1c(/C=C2\C(=O)c3cc(F)c(F)cc3C2=C(C#N)C#N)sc2c1sc1c3c4nsnc4c4c5sc6c(CC(CC)CCCC)c(/C=C7\C(=O)c8cc(F)c(F)cc8C7=C(C#N)C#N)sc6c5n(CC(CC)CCCC)c4c3n(CC(CC)CCCC)c21. The quantitative estimate of drug-likeness (QED) is 0.0294. The lowest BCUT2D eigenvalue weighted by Gasteiger charge is -2.20. The molecule has 0 saturated heterocycles. The van der Waals surface area contributed by atoms with Crippen molar-refractivity contribution in [1.29, 1.82) is 21.0 Å². The van der Waals surface area contributed by atoms with Crippen LogP contribution in [0.15, 0.2) is 46.6 Å². The van der Waals surface area contributed by atoms with Crippen LogP contribution in [0.4, 0.5) is 17.6 Å². The Morgan fingerprint density at radius 3 is 1.13 bits per heavy atom. The summed E-state index contributed by atoms with van der Waals surface area (Å²) in [7, 11) is 0. The second-order valence-corrected chi connectivity index (χ2v) is 30.5. The number of aromatic nitrogens is 4. The maximum atomic E-state index is 15.2. The Kier molecular flexibility index (Phi) is 20.0. The number of thiophene rings is 4. The normalized spacial score (nSPS) is 15.4. The summed E-state index contributed by atoms with van der Waals surface area (Å²) in [6.45, 7) is 19.2. The molecule has 19 heteroatoms. The van der Waals surface area contributed by atoms with Crippen molar-refractivity contribution in [2.45, 2.75) is 184 Å². The van der Waals surface area contributed by atoms with Gasteiger partial charge in [-0.05, 0) is 108 Å². The molecule has 7 heterocycles. The van der Waals surface area contributed by atoms with Gasteiger partial charge in [0.15, 0.2) is 34.8 Å². The number of halogens is 4. The van der Waals surface area contributed by atoms with Crippen molar-refractivity contribution >= 4 is 164 Å². The monoisotopic (exact) mass is 1370 g/mol. The van der Waals surface area contributed by atoms with Crippen molar-refractivity contribution in [2.24, 2.45) is 23.7 Å². The van der Waals surface area contributed by atoms with Crippen LogP contribution >= 0.6 is 57.1 Å². The first kappa shape index (κ1) is 67.4. The van der Waals surface area contributed by atoms with Crippen molar-refractivity contribution < 1.29 is 27.2 Å². The lowest BCUT2D eigenvalue weighted by Crippen LogP contribution is -2.13. The molecule has 95 heavy (non-hydrogen) atoms. The van der Waals surface area contributed by atoms with E-state index in [-0.39, 0.29) is 79.4 Å². The highest BCUT2D eigenvalue weighted by Crippen LogP contribution is 2.57. The lowest BCUT2D eigenvalue weighted by molar-refractivity contribution is 0.103. The standard InChI is InChI=1S/C76H74F4N8O2S5/c1-9-17-21-39(13-5)25-49-57(31-51-59(43(33-81)34-82)45-27-53(77)55(79)29-47(45)69(51)89)91-75-67-73(93-71(49)75)61-63-64(86-95-85-63)62-66(65(61)87(67)37-41(15-7)23-19-11-3)88(38-42(16-8)24-20-12-4)68-74(62)94-72-50(26-40(14-6)22-18-10-2)58(92-76(68)72)32-52-60(44(35-83)36-84)46-28-54(78)56(80)30-48(46)70(52)90/h27-32,39-42H,9-26,37-38H2,1-8H3/b51-31-,52-32-. The van der Waals surface area contributed by atoms with E-state index in [4.69, 9.17) is 8.75 Å². The van der Waals surface area contributed by atoms with E-state index >= 15 is 17.6 Å². The summed E-state index contributed by atoms with van der Waals surface area (Å²) in [4.78, 5) is 31.0. The number of carbonyl (C=O) groups excluding carboxylic acids is 2. The zero-order chi connectivity index (χ0) is 67.3. The zero-order valence-electron chi connectivity index (χ0n) is 54.9. The Bertz CT molecular complexity index is 4760. The highest BCUT2D eigenvalue weighted by atomic mass is 32.1. The smallest absolute Gasteiger partial charge is 0.194 e. The summed E-state index contributed by atoms with van der Waals surface area (Å²) in [5.41, 5.74) is 7.23. The van der Waals surface area contributed by atoms with Crippen molar-refractivity contribution in [2.75, 3.05) is 0 Å². The van der Waals surface area contributed by atoms with Crippen molar-refractivity contribution in [3.05, 3.63) is 113 Å². The molecule has 0 N–H and O–H groups in total. The van der Waals surface area contributed by atoms with Crippen molar-refractivity contribution in [1.82, 2.24) is 17.9 Å². The van der Waals surface area contributed by atoms with Crippen LogP contribution in [0.5, 0.6) is 0 Å². The first-order valence-electron chi connectivity index (χ1n) is 33.8. The number of carbonyl (C=O) groups is 2. The Morgan fingerprint density at radius 1 is 0.463 bits per heavy atom. The molecule has 12 rings (SSSR count). The van der Waals surface area contributed by atoms with E-state index in [0.29, 0.717) is 25.9 Å². The maximum Gasteiger partial charge on any atom is 0.194 e. The minimum atomic E-state index is -1.19. The van der Waals surface area contributed by atoms with E-state index in [1.807, 2.05) is 24.3 Å². The molecule has 0 bridgehead atoms. The molecule has 7 aromatic heterocycles. The van der Waals surface area contributed by atoms with Crippen LogP contribution in [0.25, 0.3) is 95.4 Å². The Hall–Kier alpha value is -7.62. The number of Topliss-reactive ketones (excluding diaryl/α,β-unsaturated/α-hetero) is 2. The Balaban J connectivity index is 1.22. The average Bonchev–Trinajstić information content (AvgIpc) is 1.51. The molecule has 0 aliphatic heterocycles. The molecule has 0 saturated carbocycles. The number of benzene rings is 3. The molecule has 3 aromatic carbocycles. The number of unbranched alkanes of at least 4 members (excludes halogenated alkanes) is 4. The molecule has 488 valence electrons. The maximum absolute atomic E-state index is 15.2. The van der Waals surface area contributed by atoms with Gasteiger partial charge in [-0.1, -0.05) is 145 Å². The number of rotatable bonds is 26.